The van der Waals surface area contributed by atoms with Crippen molar-refractivity contribution in [3.63, 3.8) is 0 Å². The van der Waals surface area contributed by atoms with E-state index in [4.69, 9.17) is 4.74 Å². The van der Waals surface area contributed by atoms with Crippen LogP contribution in [0.5, 0.6) is 0 Å². The minimum absolute atomic E-state index is 0.0125. The molecule has 0 heterocycles. The maximum absolute atomic E-state index is 11.5. The molecule has 0 aromatic heterocycles. The number of rotatable bonds is 9. The van der Waals surface area contributed by atoms with Crippen molar-refractivity contribution in [3.8, 4) is 0 Å². The summed E-state index contributed by atoms with van der Waals surface area (Å²) in [5, 5.41) is 0. The second-order valence-corrected chi connectivity index (χ2v) is 6.72. The Kier molecular flexibility index (Phi) is 9.27. The summed E-state index contributed by atoms with van der Waals surface area (Å²) < 4.78 is 5.43. The molecule has 3 nitrogen and oxygen atoms in total. The molecule has 0 saturated heterocycles. The Balaban J connectivity index is 4.05. The number of hydrogen-bond donors (Lipinski definition) is 0. The Hall–Kier alpha value is -1.09. The van der Waals surface area contributed by atoms with Crippen LogP contribution in [0.3, 0.4) is 0 Å². The van der Waals surface area contributed by atoms with Crippen LogP contribution in [-0.2, 0) is 9.53 Å². The standard InChI is InChI=1S/C18H33NO2/c1-15(12-9-13-18(3,4)21-7)10-8-11-16(2)14-17(20)19(5)6/h8,11,14-15H,9-10,12-13H2,1-7H3/b11-8+,16-14+. The van der Waals surface area contributed by atoms with E-state index in [-0.39, 0.29) is 11.5 Å². The van der Waals surface area contributed by atoms with Crippen LogP contribution in [-0.4, -0.2) is 37.6 Å². The van der Waals surface area contributed by atoms with Crippen molar-refractivity contribution >= 4 is 5.91 Å². The van der Waals surface area contributed by atoms with Crippen LogP contribution >= 0.6 is 0 Å². The number of methoxy groups -OCH3 is 1. The van der Waals surface area contributed by atoms with E-state index in [1.165, 1.54) is 12.8 Å². The molecule has 0 spiro atoms. The number of hydrogen-bond acceptors (Lipinski definition) is 2. The molecule has 122 valence electrons. The van der Waals surface area contributed by atoms with Crippen LogP contribution in [0.4, 0.5) is 0 Å². The van der Waals surface area contributed by atoms with E-state index in [9.17, 15) is 4.79 Å². The molecule has 0 aromatic rings. The van der Waals surface area contributed by atoms with Gasteiger partial charge < -0.3 is 9.64 Å². The number of carbonyl (C=O) groups is 1. The highest BCUT2D eigenvalue weighted by Crippen LogP contribution is 2.20. The van der Waals surface area contributed by atoms with Gasteiger partial charge in [0.15, 0.2) is 0 Å². The van der Waals surface area contributed by atoms with Crippen molar-refractivity contribution in [2.24, 2.45) is 5.92 Å². The first-order valence-electron chi connectivity index (χ1n) is 7.79. The molecule has 0 N–H and O–H groups in total. The number of nitrogens with zero attached hydrogens (tertiary/aromatic N) is 1. The first kappa shape index (κ1) is 19.9. The second kappa shape index (κ2) is 9.78. The number of carbonyl (C=O) groups excluding carboxylic acids is 1. The SMILES string of the molecule is COC(C)(C)CCCC(C)C/C=C/C(C)=C/C(=O)N(C)C. The van der Waals surface area contributed by atoms with Crippen LogP contribution in [0, 0.1) is 5.92 Å². The average Bonchev–Trinajstić information content (AvgIpc) is 2.38. The fourth-order valence-electron chi connectivity index (χ4n) is 1.95. The summed E-state index contributed by atoms with van der Waals surface area (Å²) in [5.41, 5.74) is 0.989. The van der Waals surface area contributed by atoms with Gasteiger partial charge in [-0.2, -0.15) is 0 Å². The Morgan fingerprint density at radius 2 is 1.95 bits per heavy atom. The minimum atomic E-state index is -0.0125. The van der Waals surface area contributed by atoms with E-state index in [2.05, 4.69) is 26.8 Å². The van der Waals surface area contributed by atoms with Crippen LogP contribution in [0.25, 0.3) is 0 Å². The summed E-state index contributed by atoms with van der Waals surface area (Å²) >= 11 is 0. The minimum Gasteiger partial charge on any atom is -0.379 e. The van der Waals surface area contributed by atoms with Crippen LogP contribution in [0.1, 0.15) is 53.4 Å². The van der Waals surface area contributed by atoms with Crippen LogP contribution in [0.15, 0.2) is 23.8 Å². The summed E-state index contributed by atoms with van der Waals surface area (Å²) in [6.07, 6.45) is 10.4. The van der Waals surface area contributed by atoms with Crippen molar-refractivity contribution < 1.29 is 9.53 Å². The monoisotopic (exact) mass is 295 g/mol. The number of ether oxygens (including phenoxy) is 1. The zero-order chi connectivity index (χ0) is 16.5. The first-order chi connectivity index (χ1) is 9.68. The molecule has 1 atom stereocenters. The van der Waals surface area contributed by atoms with Gasteiger partial charge in [0, 0.05) is 27.3 Å². The molecule has 0 rings (SSSR count). The van der Waals surface area contributed by atoms with Gasteiger partial charge in [-0.3, -0.25) is 4.79 Å². The lowest BCUT2D eigenvalue weighted by Gasteiger charge is -2.23. The smallest absolute Gasteiger partial charge is 0.246 e. The summed E-state index contributed by atoms with van der Waals surface area (Å²) in [6, 6.07) is 0. The van der Waals surface area contributed by atoms with Crippen LogP contribution in [0.2, 0.25) is 0 Å². The fraction of sp³-hybridized carbons (Fsp3) is 0.722. The fourth-order valence-corrected chi connectivity index (χ4v) is 1.95. The Labute approximate surface area is 131 Å². The Morgan fingerprint density at radius 3 is 2.48 bits per heavy atom. The molecule has 0 bridgehead atoms. The van der Waals surface area contributed by atoms with Crippen molar-refractivity contribution in [1.29, 1.82) is 0 Å². The summed E-state index contributed by atoms with van der Waals surface area (Å²) in [4.78, 5) is 13.1. The predicted molar refractivity (Wildman–Crippen MR) is 90.3 cm³/mol. The summed E-state index contributed by atoms with van der Waals surface area (Å²) in [5.74, 6) is 0.693. The third-order valence-electron chi connectivity index (χ3n) is 3.74. The van der Waals surface area contributed by atoms with E-state index in [0.29, 0.717) is 5.92 Å². The molecule has 1 unspecified atom stereocenters. The number of amides is 1. The van der Waals surface area contributed by atoms with Gasteiger partial charge in [0.05, 0.1) is 5.60 Å². The van der Waals surface area contributed by atoms with Crippen molar-refractivity contribution in [3.05, 3.63) is 23.8 Å². The van der Waals surface area contributed by atoms with Crippen molar-refractivity contribution in [2.45, 2.75) is 59.0 Å². The third kappa shape index (κ3) is 10.3. The second-order valence-electron chi connectivity index (χ2n) is 6.72. The van der Waals surface area contributed by atoms with Gasteiger partial charge in [0.1, 0.15) is 0 Å². The number of allylic oxidation sites excluding steroid dienone is 3. The van der Waals surface area contributed by atoms with Gasteiger partial charge in [-0.25, -0.2) is 0 Å². The first-order valence-corrected chi connectivity index (χ1v) is 7.79. The molecule has 3 heteroatoms. The lowest BCUT2D eigenvalue weighted by molar-refractivity contribution is -0.123. The van der Waals surface area contributed by atoms with E-state index >= 15 is 0 Å². The van der Waals surface area contributed by atoms with E-state index < -0.39 is 0 Å². The molecule has 0 saturated carbocycles. The molecule has 0 aliphatic rings. The largest absolute Gasteiger partial charge is 0.379 e. The van der Waals surface area contributed by atoms with Crippen LogP contribution < -0.4 is 0 Å². The number of likely N-dealkylation sites (N-methyl/N-ethyl adjacent to an activating group) is 1. The molecule has 0 aliphatic heterocycles. The molecular formula is C18H33NO2. The quantitative estimate of drug-likeness (QED) is 0.471. The van der Waals surface area contributed by atoms with Gasteiger partial charge in [-0.1, -0.05) is 31.9 Å². The average molecular weight is 295 g/mol. The summed E-state index contributed by atoms with van der Waals surface area (Å²) in [6.45, 7) is 8.50. The Morgan fingerprint density at radius 1 is 1.33 bits per heavy atom. The Bertz CT molecular complexity index is 367. The zero-order valence-electron chi connectivity index (χ0n) is 14.9. The maximum Gasteiger partial charge on any atom is 0.246 e. The van der Waals surface area contributed by atoms with E-state index in [0.717, 1.165) is 18.4 Å². The molecule has 0 fully saturated rings. The van der Waals surface area contributed by atoms with E-state index in [1.807, 2.05) is 13.0 Å². The lowest BCUT2D eigenvalue weighted by atomic mass is 9.95. The molecule has 0 aliphatic carbocycles. The normalized spacial score (nSPS) is 14.5. The molecule has 0 radical (unpaired) electrons. The summed E-state index contributed by atoms with van der Waals surface area (Å²) in [7, 11) is 5.30. The van der Waals surface area contributed by atoms with Gasteiger partial charge in [-0.05, 0) is 45.1 Å². The van der Waals surface area contributed by atoms with E-state index in [1.54, 1.807) is 32.2 Å². The van der Waals surface area contributed by atoms with Gasteiger partial charge in [0.2, 0.25) is 5.91 Å². The molecule has 21 heavy (non-hydrogen) atoms. The lowest BCUT2D eigenvalue weighted by Crippen LogP contribution is -2.22. The topological polar surface area (TPSA) is 29.5 Å². The highest BCUT2D eigenvalue weighted by atomic mass is 16.5. The van der Waals surface area contributed by atoms with Crippen molar-refractivity contribution in [2.75, 3.05) is 21.2 Å². The highest BCUT2D eigenvalue weighted by Gasteiger charge is 2.15. The predicted octanol–water partition coefficient (Wildman–Crippen LogP) is 4.20. The third-order valence-corrected chi connectivity index (χ3v) is 3.74. The molecule has 0 aromatic carbocycles. The van der Waals surface area contributed by atoms with Crippen molar-refractivity contribution in [1.82, 2.24) is 4.90 Å². The van der Waals surface area contributed by atoms with Gasteiger partial charge in [0.25, 0.3) is 0 Å². The molecular weight excluding hydrogens is 262 g/mol. The van der Waals surface area contributed by atoms with Gasteiger partial charge >= 0.3 is 0 Å². The molecule has 1 amide bonds. The highest BCUT2D eigenvalue weighted by molar-refractivity contribution is 5.88. The maximum atomic E-state index is 11.5. The zero-order valence-corrected chi connectivity index (χ0v) is 14.9. The van der Waals surface area contributed by atoms with Gasteiger partial charge in [-0.15, -0.1) is 0 Å².